The molecule has 2 aromatic carbocycles. The van der Waals surface area contributed by atoms with E-state index < -0.39 is 10.0 Å². The number of carbonyl (C=O) groups excluding carboxylic acids is 1. The van der Waals surface area contributed by atoms with Gasteiger partial charge in [-0.1, -0.05) is 18.2 Å². The lowest BCUT2D eigenvalue weighted by Gasteiger charge is -2.43. The molecule has 1 saturated heterocycles. The summed E-state index contributed by atoms with van der Waals surface area (Å²) >= 11 is 0. The van der Waals surface area contributed by atoms with E-state index in [2.05, 4.69) is 10.2 Å². The summed E-state index contributed by atoms with van der Waals surface area (Å²) in [5.41, 5.74) is 8.26. The van der Waals surface area contributed by atoms with E-state index in [9.17, 15) is 13.2 Å². The second-order valence-corrected chi connectivity index (χ2v) is 9.80. The average Bonchev–Trinajstić information content (AvgIpc) is 2.70. The highest BCUT2D eigenvalue weighted by molar-refractivity contribution is 7.89. The molecule has 1 amide bonds. The van der Waals surface area contributed by atoms with Crippen LogP contribution in [0.25, 0.3) is 4.85 Å². The molecule has 0 saturated carbocycles. The lowest BCUT2D eigenvalue weighted by Crippen LogP contribution is -2.59. The molecule has 1 aliphatic rings. The quantitative estimate of drug-likeness (QED) is 0.549. The van der Waals surface area contributed by atoms with E-state index >= 15 is 0 Å². The summed E-state index contributed by atoms with van der Waals surface area (Å²) in [6, 6.07) is 10.8. The van der Waals surface area contributed by atoms with E-state index in [1.54, 1.807) is 24.3 Å². The Morgan fingerprint density at radius 3 is 2.52 bits per heavy atom. The Kier molecular flexibility index (Phi) is 6.65. The molecule has 0 aliphatic carbocycles. The van der Waals surface area contributed by atoms with Gasteiger partial charge in [0.2, 0.25) is 15.9 Å². The summed E-state index contributed by atoms with van der Waals surface area (Å²) < 4.78 is 27.9. The van der Waals surface area contributed by atoms with Crippen molar-refractivity contribution >= 4 is 33.0 Å². The van der Waals surface area contributed by atoms with Gasteiger partial charge in [0, 0.05) is 36.5 Å². The van der Waals surface area contributed by atoms with Crippen LogP contribution in [0.2, 0.25) is 0 Å². The fourth-order valence-electron chi connectivity index (χ4n) is 4.02. The van der Waals surface area contributed by atoms with Crippen LogP contribution in [-0.4, -0.2) is 55.2 Å². The van der Waals surface area contributed by atoms with E-state index in [4.69, 9.17) is 12.3 Å². The number of carbonyl (C=O) groups is 1. The van der Waals surface area contributed by atoms with Gasteiger partial charge >= 0.3 is 0 Å². The Morgan fingerprint density at radius 1 is 1.19 bits per heavy atom. The Bertz CT molecular complexity index is 1110. The Morgan fingerprint density at radius 2 is 1.87 bits per heavy atom. The third-order valence-electron chi connectivity index (χ3n) is 5.34. The number of rotatable bonds is 5. The van der Waals surface area contributed by atoms with Crippen LogP contribution in [0.15, 0.2) is 47.4 Å². The minimum Gasteiger partial charge on any atom is -0.399 e. The molecule has 164 valence electrons. The highest BCUT2D eigenvalue weighted by Crippen LogP contribution is 2.27. The van der Waals surface area contributed by atoms with Crippen LogP contribution >= 0.6 is 0 Å². The number of hydrogen-bond donors (Lipinski definition) is 2. The van der Waals surface area contributed by atoms with Gasteiger partial charge < -0.3 is 11.1 Å². The van der Waals surface area contributed by atoms with E-state index in [0.717, 1.165) is 5.56 Å². The summed E-state index contributed by atoms with van der Waals surface area (Å²) in [5, 5.41) is 2.89. The van der Waals surface area contributed by atoms with Crippen molar-refractivity contribution < 1.29 is 13.2 Å². The van der Waals surface area contributed by atoms with Crippen LogP contribution in [0.5, 0.6) is 0 Å². The molecule has 8 nitrogen and oxygen atoms in total. The third-order valence-corrected chi connectivity index (χ3v) is 7.46. The lowest BCUT2D eigenvalue weighted by atomic mass is 10.1. The van der Waals surface area contributed by atoms with Crippen molar-refractivity contribution in [2.75, 3.05) is 30.7 Å². The number of nitrogens with one attached hydrogen (secondary N) is 1. The molecule has 1 fully saturated rings. The molecule has 0 bridgehead atoms. The SMILES string of the molecule is [C-]#[N+]c1cccc(S(=O)(=O)N2[C@H](C)CN(CC(=O)Nc3cc(N)ccc3C)C[C@@H]2C)c1. The number of hydrogen-bond acceptors (Lipinski definition) is 5. The van der Waals surface area contributed by atoms with Gasteiger partial charge in [0.05, 0.1) is 18.0 Å². The van der Waals surface area contributed by atoms with Crippen molar-refractivity contribution in [1.82, 2.24) is 9.21 Å². The number of nitrogens with zero attached hydrogens (tertiary/aromatic N) is 3. The van der Waals surface area contributed by atoms with Crippen molar-refractivity contribution in [3.05, 3.63) is 59.4 Å². The van der Waals surface area contributed by atoms with Crippen LogP contribution < -0.4 is 11.1 Å². The van der Waals surface area contributed by atoms with Crippen molar-refractivity contribution in [2.24, 2.45) is 0 Å². The number of sulfonamides is 1. The summed E-state index contributed by atoms with van der Waals surface area (Å²) in [7, 11) is -3.75. The molecule has 0 unspecified atom stereocenters. The zero-order valence-corrected chi connectivity index (χ0v) is 18.7. The number of nitrogen functional groups attached to an aromatic ring is 1. The van der Waals surface area contributed by atoms with E-state index in [-0.39, 0.29) is 35.1 Å². The van der Waals surface area contributed by atoms with Crippen molar-refractivity contribution in [1.29, 1.82) is 0 Å². The van der Waals surface area contributed by atoms with Gasteiger partial charge in [0.1, 0.15) is 0 Å². The van der Waals surface area contributed by atoms with Crippen LogP contribution in [0.1, 0.15) is 19.4 Å². The molecular weight excluding hydrogens is 414 g/mol. The van der Waals surface area contributed by atoms with Crippen LogP contribution in [-0.2, 0) is 14.8 Å². The second kappa shape index (κ2) is 9.06. The van der Waals surface area contributed by atoms with E-state index in [0.29, 0.717) is 24.5 Å². The molecular formula is C22H27N5O3S. The Labute approximate surface area is 183 Å². The van der Waals surface area contributed by atoms with Gasteiger partial charge in [-0.15, -0.1) is 0 Å². The molecule has 2 aromatic rings. The lowest BCUT2D eigenvalue weighted by molar-refractivity contribution is -0.118. The number of amides is 1. The van der Waals surface area contributed by atoms with Gasteiger partial charge in [-0.05, 0) is 50.6 Å². The maximum Gasteiger partial charge on any atom is 0.242 e. The first-order valence-electron chi connectivity index (χ1n) is 10.0. The zero-order chi connectivity index (χ0) is 22.8. The minimum atomic E-state index is -3.75. The Hall–Kier alpha value is -2.93. The number of benzene rings is 2. The van der Waals surface area contributed by atoms with Gasteiger partial charge in [-0.3, -0.25) is 9.69 Å². The average molecular weight is 442 g/mol. The number of piperazine rings is 1. The van der Waals surface area contributed by atoms with Crippen LogP contribution in [0, 0.1) is 13.5 Å². The second-order valence-electron chi connectivity index (χ2n) is 7.96. The topological polar surface area (TPSA) is 100 Å². The molecule has 0 radical (unpaired) electrons. The maximum absolute atomic E-state index is 13.2. The highest BCUT2D eigenvalue weighted by Gasteiger charge is 2.38. The number of aryl methyl sites for hydroxylation is 1. The number of anilines is 2. The predicted octanol–water partition coefficient (Wildman–Crippen LogP) is 2.85. The largest absolute Gasteiger partial charge is 0.399 e. The molecule has 0 aromatic heterocycles. The first-order chi connectivity index (χ1) is 14.6. The first kappa shape index (κ1) is 22.7. The molecule has 1 heterocycles. The number of nitrogens with two attached hydrogens (primary N) is 1. The van der Waals surface area contributed by atoms with Gasteiger partial charge in [-0.2, -0.15) is 4.31 Å². The van der Waals surface area contributed by atoms with Gasteiger partial charge in [-0.25, -0.2) is 13.3 Å². The normalized spacial score (nSPS) is 20.2. The van der Waals surface area contributed by atoms with Gasteiger partial charge in [0.15, 0.2) is 5.69 Å². The van der Waals surface area contributed by atoms with Crippen molar-refractivity contribution in [2.45, 2.75) is 37.8 Å². The highest BCUT2D eigenvalue weighted by atomic mass is 32.2. The fourth-order valence-corrected chi connectivity index (χ4v) is 5.87. The monoisotopic (exact) mass is 441 g/mol. The summed E-state index contributed by atoms with van der Waals surface area (Å²) in [5.74, 6) is -0.172. The predicted molar refractivity (Wildman–Crippen MR) is 121 cm³/mol. The first-order valence-corrected chi connectivity index (χ1v) is 11.4. The standard InChI is InChI=1S/C22H27N5O3S/c1-15-8-9-18(23)10-21(15)25-22(28)14-26-12-16(2)27(17(3)13-26)31(29,30)20-7-5-6-19(11-20)24-4/h5-11,16-17H,12-14,23H2,1-3H3,(H,25,28)/t16-,17+. The van der Waals surface area contributed by atoms with E-state index in [1.807, 2.05) is 31.7 Å². The van der Waals surface area contributed by atoms with Crippen LogP contribution in [0.3, 0.4) is 0 Å². The molecule has 2 atom stereocenters. The fraction of sp³-hybridized carbons (Fsp3) is 0.364. The molecule has 0 spiro atoms. The zero-order valence-electron chi connectivity index (χ0n) is 17.9. The molecule has 9 heteroatoms. The molecule has 31 heavy (non-hydrogen) atoms. The van der Waals surface area contributed by atoms with Crippen LogP contribution in [0.4, 0.5) is 17.1 Å². The van der Waals surface area contributed by atoms with E-state index in [1.165, 1.54) is 16.4 Å². The summed E-state index contributed by atoms with van der Waals surface area (Å²) in [6.07, 6.45) is 0. The smallest absolute Gasteiger partial charge is 0.242 e. The Balaban J connectivity index is 1.70. The van der Waals surface area contributed by atoms with Gasteiger partial charge in [0.25, 0.3) is 0 Å². The molecule has 1 aliphatic heterocycles. The summed E-state index contributed by atoms with van der Waals surface area (Å²) in [4.78, 5) is 18.0. The van der Waals surface area contributed by atoms with Crippen molar-refractivity contribution in [3.63, 3.8) is 0 Å². The molecule has 3 N–H and O–H groups in total. The molecule has 3 rings (SSSR count). The third kappa shape index (κ3) is 5.05. The maximum atomic E-state index is 13.2. The summed E-state index contributed by atoms with van der Waals surface area (Å²) in [6.45, 7) is 13.7. The minimum absolute atomic E-state index is 0.114. The van der Waals surface area contributed by atoms with Crippen molar-refractivity contribution in [3.8, 4) is 0 Å².